The molecule has 174 valence electrons. The predicted octanol–water partition coefficient (Wildman–Crippen LogP) is 3.93. The molecule has 1 fully saturated rings. The minimum absolute atomic E-state index is 0.235. The first kappa shape index (κ1) is 21.8. The maximum absolute atomic E-state index is 14.2. The lowest BCUT2D eigenvalue weighted by molar-refractivity contribution is 0.122. The van der Waals surface area contributed by atoms with Crippen molar-refractivity contribution in [2.24, 2.45) is 5.10 Å². The number of hydrogen-bond acceptors (Lipinski definition) is 7. The summed E-state index contributed by atoms with van der Waals surface area (Å²) in [6.07, 6.45) is 4.92. The van der Waals surface area contributed by atoms with Crippen LogP contribution in [-0.4, -0.2) is 53.7 Å². The monoisotopic (exact) mass is 460 g/mol. The molecule has 1 N–H and O–H groups in total. The van der Waals surface area contributed by atoms with Crippen LogP contribution in [0.2, 0.25) is 0 Å². The maximum Gasteiger partial charge on any atom is 0.245 e. The average Bonchev–Trinajstić information content (AvgIpc) is 3.24. The Hall–Kier alpha value is -3.98. The number of ether oxygens (including phenoxy) is 2. The summed E-state index contributed by atoms with van der Waals surface area (Å²) in [7, 11) is 0. The third kappa shape index (κ3) is 4.99. The summed E-state index contributed by atoms with van der Waals surface area (Å²) in [5, 5.41) is 5.38. The highest BCUT2D eigenvalue weighted by molar-refractivity contribution is 5.99. The minimum Gasteiger partial charge on any atom is -0.492 e. The van der Waals surface area contributed by atoms with Gasteiger partial charge in [0.25, 0.3) is 0 Å². The molecule has 0 amide bonds. The van der Waals surface area contributed by atoms with E-state index in [2.05, 4.69) is 37.2 Å². The Kier molecular flexibility index (Phi) is 6.62. The van der Waals surface area contributed by atoms with Crippen LogP contribution in [0.4, 0.5) is 16.2 Å². The summed E-state index contributed by atoms with van der Waals surface area (Å²) < 4.78 is 27.6. The van der Waals surface area contributed by atoms with E-state index in [1.54, 1.807) is 6.21 Å². The average molecular weight is 461 g/mol. The molecular formula is C25H25FN6O2. The number of anilines is 2. The van der Waals surface area contributed by atoms with Crippen LogP contribution in [0, 0.1) is 5.82 Å². The molecule has 4 aromatic rings. The van der Waals surface area contributed by atoms with E-state index in [1.807, 2.05) is 53.6 Å². The molecule has 0 radical (unpaired) electrons. The number of halogens is 1. The number of nitrogens with zero attached hydrogens (tertiary/aromatic N) is 5. The van der Waals surface area contributed by atoms with Gasteiger partial charge in [0.15, 0.2) is 11.6 Å². The standard InChI is InChI=1S/C25H25FN6O2/c26-22-17-27-25(29-24(22)31-10-13-33-14-11-31)30-28-16-19-18-32(23-9-5-4-8-21(19)23)12-15-34-20-6-2-1-3-7-20/h1-9,16-18H,10-15H2,(H,27,29,30)/b28-16-. The predicted molar refractivity (Wildman–Crippen MR) is 130 cm³/mol. The highest BCUT2D eigenvalue weighted by Crippen LogP contribution is 2.21. The largest absolute Gasteiger partial charge is 0.492 e. The van der Waals surface area contributed by atoms with Crippen molar-refractivity contribution in [3.05, 3.63) is 78.4 Å². The zero-order chi connectivity index (χ0) is 23.2. The molecule has 5 rings (SSSR count). The van der Waals surface area contributed by atoms with Gasteiger partial charge in [-0.05, 0) is 18.2 Å². The van der Waals surface area contributed by atoms with Gasteiger partial charge in [-0.2, -0.15) is 10.1 Å². The summed E-state index contributed by atoms with van der Waals surface area (Å²) in [5.41, 5.74) is 4.86. The summed E-state index contributed by atoms with van der Waals surface area (Å²) in [6, 6.07) is 17.9. The molecule has 1 aliphatic heterocycles. The Morgan fingerprint density at radius 1 is 1.09 bits per heavy atom. The second-order valence-electron chi connectivity index (χ2n) is 7.79. The normalized spacial score (nSPS) is 14.1. The smallest absolute Gasteiger partial charge is 0.245 e. The van der Waals surface area contributed by atoms with Crippen molar-refractivity contribution in [2.45, 2.75) is 6.54 Å². The molecule has 0 saturated carbocycles. The van der Waals surface area contributed by atoms with Crippen molar-refractivity contribution in [2.75, 3.05) is 43.2 Å². The molecule has 1 saturated heterocycles. The van der Waals surface area contributed by atoms with Crippen LogP contribution in [0.25, 0.3) is 10.9 Å². The van der Waals surface area contributed by atoms with E-state index in [-0.39, 0.29) is 11.8 Å². The van der Waals surface area contributed by atoms with Gasteiger partial charge in [-0.1, -0.05) is 36.4 Å². The first-order valence-electron chi connectivity index (χ1n) is 11.2. The molecule has 2 aromatic carbocycles. The number of para-hydroxylation sites is 2. The second kappa shape index (κ2) is 10.3. The lowest BCUT2D eigenvalue weighted by atomic mass is 10.2. The van der Waals surface area contributed by atoms with Gasteiger partial charge in [-0.25, -0.2) is 14.8 Å². The minimum atomic E-state index is -0.461. The van der Waals surface area contributed by atoms with Gasteiger partial charge in [-0.3, -0.25) is 0 Å². The Morgan fingerprint density at radius 2 is 1.88 bits per heavy atom. The Balaban J connectivity index is 1.29. The van der Waals surface area contributed by atoms with E-state index in [0.717, 1.165) is 28.4 Å². The zero-order valence-electron chi connectivity index (χ0n) is 18.6. The van der Waals surface area contributed by atoms with Gasteiger partial charge >= 0.3 is 0 Å². The molecule has 3 heterocycles. The fraction of sp³-hybridized carbons (Fsp3) is 0.240. The summed E-state index contributed by atoms with van der Waals surface area (Å²) in [4.78, 5) is 10.2. The van der Waals surface area contributed by atoms with Crippen LogP contribution in [0.15, 0.2) is 72.1 Å². The summed E-state index contributed by atoms with van der Waals surface area (Å²) in [6.45, 7) is 3.51. The van der Waals surface area contributed by atoms with Crippen LogP contribution in [0.1, 0.15) is 5.56 Å². The van der Waals surface area contributed by atoms with E-state index in [9.17, 15) is 4.39 Å². The topological polar surface area (TPSA) is 76.8 Å². The fourth-order valence-corrected chi connectivity index (χ4v) is 3.91. The van der Waals surface area contributed by atoms with Crippen molar-refractivity contribution in [1.82, 2.24) is 14.5 Å². The zero-order valence-corrected chi connectivity index (χ0v) is 18.6. The van der Waals surface area contributed by atoms with Gasteiger partial charge in [0.05, 0.1) is 32.2 Å². The number of morpholine rings is 1. The molecule has 0 atom stereocenters. The van der Waals surface area contributed by atoms with E-state index in [0.29, 0.717) is 39.5 Å². The van der Waals surface area contributed by atoms with Crippen LogP contribution < -0.4 is 15.1 Å². The van der Waals surface area contributed by atoms with Gasteiger partial charge in [0, 0.05) is 35.8 Å². The SMILES string of the molecule is Fc1cnc(N/N=C\c2cn(CCOc3ccccc3)c3ccccc23)nc1N1CCOCC1. The van der Waals surface area contributed by atoms with Gasteiger partial charge in [0.2, 0.25) is 5.95 Å². The Morgan fingerprint density at radius 3 is 2.74 bits per heavy atom. The Labute approximate surface area is 196 Å². The molecule has 2 aromatic heterocycles. The van der Waals surface area contributed by atoms with Gasteiger partial charge in [-0.15, -0.1) is 0 Å². The number of rotatable bonds is 8. The third-order valence-corrected chi connectivity index (χ3v) is 5.57. The van der Waals surface area contributed by atoms with Crippen molar-refractivity contribution in [3.63, 3.8) is 0 Å². The third-order valence-electron chi connectivity index (χ3n) is 5.57. The maximum atomic E-state index is 14.2. The first-order chi connectivity index (χ1) is 16.8. The van der Waals surface area contributed by atoms with E-state index >= 15 is 0 Å². The molecule has 34 heavy (non-hydrogen) atoms. The highest BCUT2D eigenvalue weighted by atomic mass is 19.1. The molecule has 9 heteroatoms. The molecular weight excluding hydrogens is 435 g/mol. The van der Waals surface area contributed by atoms with E-state index < -0.39 is 5.82 Å². The first-order valence-corrected chi connectivity index (χ1v) is 11.2. The van der Waals surface area contributed by atoms with Crippen molar-refractivity contribution >= 4 is 28.9 Å². The number of hydrogen-bond donors (Lipinski definition) is 1. The number of fused-ring (bicyclic) bond motifs is 1. The van der Waals surface area contributed by atoms with E-state index in [1.165, 1.54) is 0 Å². The lowest BCUT2D eigenvalue weighted by Crippen LogP contribution is -2.37. The lowest BCUT2D eigenvalue weighted by Gasteiger charge is -2.27. The summed E-state index contributed by atoms with van der Waals surface area (Å²) >= 11 is 0. The molecule has 8 nitrogen and oxygen atoms in total. The number of nitrogens with one attached hydrogen (secondary N) is 1. The van der Waals surface area contributed by atoms with Crippen LogP contribution >= 0.6 is 0 Å². The van der Waals surface area contributed by atoms with Crippen molar-refractivity contribution < 1.29 is 13.9 Å². The van der Waals surface area contributed by atoms with E-state index in [4.69, 9.17) is 9.47 Å². The molecule has 1 aliphatic rings. The number of benzene rings is 2. The summed E-state index contributed by atoms with van der Waals surface area (Å²) in [5.74, 6) is 0.878. The van der Waals surface area contributed by atoms with Crippen LogP contribution in [-0.2, 0) is 11.3 Å². The molecule has 0 bridgehead atoms. The molecule has 0 spiro atoms. The van der Waals surface area contributed by atoms with Crippen LogP contribution in [0.3, 0.4) is 0 Å². The van der Waals surface area contributed by atoms with Crippen molar-refractivity contribution in [1.29, 1.82) is 0 Å². The molecule has 0 unspecified atom stereocenters. The van der Waals surface area contributed by atoms with Crippen LogP contribution in [0.5, 0.6) is 5.75 Å². The van der Waals surface area contributed by atoms with Gasteiger partial charge in [0.1, 0.15) is 12.4 Å². The fourth-order valence-electron chi connectivity index (χ4n) is 3.91. The quantitative estimate of drug-likeness (QED) is 0.317. The number of aromatic nitrogens is 3. The number of hydrazone groups is 1. The Bertz CT molecular complexity index is 1270. The molecule has 0 aliphatic carbocycles. The van der Waals surface area contributed by atoms with Crippen molar-refractivity contribution in [3.8, 4) is 5.75 Å². The second-order valence-corrected chi connectivity index (χ2v) is 7.79. The highest BCUT2D eigenvalue weighted by Gasteiger charge is 2.17. The van der Waals surface area contributed by atoms with Gasteiger partial charge < -0.3 is 18.9 Å².